The highest BCUT2D eigenvalue weighted by molar-refractivity contribution is 6.31. The maximum Gasteiger partial charge on any atom is 0.0705 e. The van der Waals surface area contributed by atoms with Gasteiger partial charge in [0.1, 0.15) is 0 Å². The van der Waals surface area contributed by atoms with Crippen molar-refractivity contribution in [3.8, 4) is 5.69 Å². The normalized spacial score (nSPS) is 11.6. The van der Waals surface area contributed by atoms with Crippen molar-refractivity contribution in [1.29, 1.82) is 0 Å². The molecule has 0 fully saturated rings. The lowest BCUT2D eigenvalue weighted by molar-refractivity contribution is 0.551. The second kappa shape index (κ2) is 7.10. The van der Waals surface area contributed by atoms with Crippen molar-refractivity contribution < 1.29 is 0 Å². The van der Waals surface area contributed by atoms with Crippen LogP contribution in [-0.4, -0.2) is 16.3 Å². The van der Waals surface area contributed by atoms with Gasteiger partial charge in [0.2, 0.25) is 0 Å². The fourth-order valence-corrected chi connectivity index (χ4v) is 2.44. The lowest BCUT2D eigenvalue weighted by atomic mass is 10.1. The Morgan fingerprint density at radius 3 is 2.57 bits per heavy atom. The zero-order valence-corrected chi connectivity index (χ0v) is 14.0. The standard InChI is InChI=1S/C17H24ClN3/c1-12(2)10-19-11-14-15(18)6-5-7-17(14)21-9-8-16(20-21)13(3)4/h5-9,12-13,19H,10-11H2,1-4H3. The van der Waals surface area contributed by atoms with Gasteiger partial charge >= 0.3 is 0 Å². The zero-order valence-electron chi connectivity index (χ0n) is 13.2. The van der Waals surface area contributed by atoms with E-state index in [-0.39, 0.29) is 0 Å². The van der Waals surface area contributed by atoms with Crippen LogP contribution in [0.25, 0.3) is 5.69 Å². The van der Waals surface area contributed by atoms with Crippen LogP contribution in [0.5, 0.6) is 0 Å². The molecule has 4 heteroatoms. The SMILES string of the molecule is CC(C)CNCc1c(Cl)cccc1-n1ccc(C(C)C)n1. The van der Waals surface area contributed by atoms with Crippen LogP contribution in [0.15, 0.2) is 30.5 Å². The highest BCUT2D eigenvalue weighted by atomic mass is 35.5. The molecule has 0 saturated heterocycles. The summed E-state index contributed by atoms with van der Waals surface area (Å²) in [6.07, 6.45) is 2.01. The molecule has 2 rings (SSSR count). The van der Waals surface area contributed by atoms with Crippen molar-refractivity contribution in [2.24, 2.45) is 5.92 Å². The number of benzene rings is 1. The number of nitrogens with one attached hydrogen (secondary N) is 1. The molecule has 21 heavy (non-hydrogen) atoms. The molecule has 0 aliphatic carbocycles. The summed E-state index contributed by atoms with van der Waals surface area (Å²) in [4.78, 5) is 0. The third kappa shape index (κ3) is 4.08. The van der Waals surface area contributed by atoms with E-state index < -0.39 is 0 Å². The molecule has 0 bridgehead atoms. The Balaban J connectivity index is 2.27. The van der Waals surface area contributed by atoms with Gasteiger partial charge in [0.15, 0.2) is 0 Å². The van der Waals surface area contributed by atoms with Gasteiger partial charge in [0.05, 0.1) is 11.4 Å². The second-order valence-electron chi connectivity index (χ2n) is 6.10. The van der Waals surface area contributed by atoms with Gasteiger partial charge in [0, 0.05) is 23.3 Å². The molecule has 0 saturated carbocycles. The average molecular weight is 306 g/mol. The van der Waals surface area contributed by atoms with Crippen LogP contribution in [0.3, 0.4) is 0 Å². The number of aromatic nitrogens is 2. The highest BCUT2D eigenvalue weighted by Crippen LogP contribution is 2.24. The van der Waals surface area contributed by atoms with Crippen molar-refractivity contribution in [3.63, 3.8) is 0 Å². The molecule has 1 aromatic carbocycles. The number of rotatable bonds is 6. The van der Waals surface area contributed by atoms with E-state index in [0.29, 0.717) is 11.8 Å². The summed E-state index contributed by atoms with van der Waals surface area (Å²) in [5, 5.41) is 8.89. The van der Waals surface area contributed by atoms with Gasteiger partial charge in [-0.15, -0.1) is 0 Å². The smallest absolute Gasteiger partial charge is 0.0705 e. The molecule has 0 amide bonds. The minimum absolute atomic E-state index is 0.424. The van der Waals surface area contributed by atoms with Gasteiger partial charge in [-0.3, -0.25) is 0 Å². The molecule has 0 atom stereocenters. The van der Waals surface area contributed by atoms with E-state index in [2.05, 4.69) is 50.2 Å². The van der Waals surface area contributed by atoms with Crippen molar-refractivity contribution in [3.05, 3.63) is 46.7 Å². The topological polar surface area (TPSA) is 29.9 Å². The van der Waals surface area contributed by atoms with Gasteiger partial charge in [-0.05, 0) is 36.6 Å². The van der Waals surface area contributed by atoms with Crippen LogP contribution in [0.4, 0.5) is 0 Å². The molecule has 0 radical (unpaired) electrons. The minimum Gasteiger partial charge on any atom is -0.312 e. The fourth-order valence-electron chi connectivity index (χ4n) is 2.20. The monoisotopic (exact) mass is 305 g/mol. The van der Waals surface area contributed by atoms with E-state index in [0.717, 1.165) is 35.1 Å². The third-order valence-electron chi connectivity index (χ3n) is 3.40. The van der Waals surface area contributed by atoms with Crippen LogP contribution in [0, 0.1) is 5.92 Å². The minimum atomic E-state index is 0.424. The Hall–Kier alpha value is -1.32. The van der Waals surface area contributed by atoms with Gasteiger partial charge in [-0.1, -0.05) is 45.4 Å². The number of hydrogen-bond acceptors (Lipinski definition) is 2. The molecule has 1 N–H and O–H groups in total. The van der Waals surface area contributed by atoms with E-state index in [1.54, 1.807) is 0 Å². The Labute approximate surface area is 132 Å². The molecule has 0 unspecified atom stereocenters. The van der Waals surface area contributed by atoms with E-state index in [9.17, 15) is 0 Å². The summed E-state index contributed by atoms with van der Waals surface area (Å²) in [6, 6.07) is 8.04. The lowest BCUT2D eigenvalue weighted by Crippen LogP contribution is -2.20. The van der Waals surface area contributed by atoms with Crippen molar-refractivity contribution in [2.45, 2.75) is 40.2 Å². The van der Waals surface area contributed by atoms with E-state index in [4.69, 9.17) is 11.6 Å². The Kier molecular flexibility index (Phi) is 5.43. The maximum absolute atomic E-state index is 6.38. The van der Waals surface area contributed by atoms with Crippen LogP contribution in [0.1, 0.15) is 44.9 Å². The predicted octanol–water partition coefficient (Wildman–Crippen LogP) is 4.39. The van der Waals surface area contributed by atoms with Crippen LogP contribution < -0.4 is 5.32 Å². The van der Waals surface area contributed by atoms with Gasteiger partial charge < -0.3 is 5.32 Å². The van der Waals surface area contributed by atoms with Gasteiger partial charge in [0.25, 0.3) is 0 Å². The average Bonchev–Trinajstić information content (AvgIpc) is 2.90. The Bertz CT molecular complexity index is 587. The highest BCUT2D eigenvalue weighted by Gasteiger charge is 2.11. The van der Waals surface area contributed by atoms with Gasteiger partial charge in [-0.2, -0.15) is 5.10 Å². The molecule has 0 spiro atoms. The first-order valence-corrected chi connectivity index (χ1v) is 7.91. The van der Waals surface area contributed by atoms with Crippen LogP contribution in [-0.2, 0) is 6.54 Å². The van der Waals surface area contributed by atoms with E-state index in [1.807, 2.05) is 23.0 Å². The number of nitrogens with zero attached hydrogens (tertiary/aromatic N) is 2. The quantitative estimate of drug-likeness (QED) is 0.857. The molecule has 3 nitrogen and oxygen atoms in total. The molecule has 114 valence electrons. The van der Waals surface area contributed by atoms with E-state index in [1.165, 1.54) is 0 Å². The first-order valence-electron chi connectivity index (χ1n) is 7.53. The van der Waals surface area contributed by atoms with Crippen molar-refractivity contribution in [2.75, 3.05) is 6.54 Å². The summed E-state index contributed by atoms with van der Waals surface area (Å²) in [7, 11) is 0. The number of halogens is 1. The third-order valence-corrected chi connectivity index (χ3v) is 3.75. The fraction of sp³-hybridized carbons (Fsp3) is 0.471. The molecule has 2 aromatic rings. The summed E-state index contributed by atoms with van der Waals surface area (Å²) in [5.41, 5.74) is 3.24. The summed E-state index contributed by atoms with van der Waals surface area (Å²) >= 11 is 6.38. The first kappa shape index (κ1) is 16.1. The molecule has 1 heterocycles. The molecule has 1 aromatic heterocycles. The first-order chi connectivity index (χ1) is 9.99. The van der Waals surface area contributed by atoms with Gasteiger partial charge in [-0.25, -0.2) is 4.68 Å². The molecular weight excluding hydrogens is 282 g/mol. The van der Waals surface area contributed by atoms with Crippen molar-refractivity contribution in [1.82, 2.24) is 15.1 Å². The Morgan fingerprint density at radius 1 is 1.19 bits per heavy atom. The lowest BCUT2D eigenvalue weighted by Gasteiger charge is -2.13. The second-order valence-corrected chi connectivity index (χ2v) is 6.51. The summed E-state index contributed by atoms with van der Waals surface area (Å²) in [6.45, 7) is 10.4. The van der Waals surface area contributed by atoms with Crippen molar-refractivity contribution >= 4 is 11.6 Å². The zero-order chi connectivity index (χ0) is 15.4. The molecule has 0 aliphatic heterocycles. The van der Waals surface area contributed by atoms with Crippen LogP contribution in [0.2, 0.25) is 5.02 Å². The predicted molar refractivity (Wildman–Crippen MR) is 89.2 cm³/mol. The number of hydrogen-bond donors (Lipinski definition) is 1. The maximum atomic E-state index is 6.38. The van der Waals surface area contributed by atoms with E-state index >= 15 is 0 Å². The molecule has 0 aliphatic rings. The van der Waals surface area contributed by atoms with Crippen LogP contribution >= 0.6 is 11.6 Å². The Morgan fingerprint density at radius 2 is 1.95 bits per heavy atom. The largest absolute Gasteiger partial charge is 0.312 e. The summed E-state index contributed by atoms with van der Waals surface area (Å²) in [5.74, 6) is 1.04. The summed E-state index contributed by atoms with van der Waals surface area (Å²) < 4.78 is 1.92. The molecular formula is C17H24ClN3.